The van der Waals surface area contributed by atoms with Gasteiger partial charge in [-0.3, -0.25) is 33.6 Å². The zero-order chi connectivity index (χ0) is 40.2. The smallest absolute Gasteiger partial charge is 0.245 e. The van der Waals surface area contributed by atoms with Crippen molar-refractivity contribution in [3.63, 3.8) is 0 Å². The van der Waals surface area contributed by atoms with Crippen LogP contribution in [0.1, 0.15) is 44.6 Å². The number of carbonyl (C=O) groups excluding carboxylic acids is 8. The van der Waals surface area contributed by atoms with Crippen LogP contribution in [0.25, 0.3) is 0 Å². The Bertz CT molecular complexity index is 1430. The van der Waals surface area contributed by atoms with E-state index in [-0.39, 0.29) is 45.1 Å². The van der Waals surface area contributed by atoms with E-state index in [0.29, 0.717) is 11.8 Å². The van der Waals surface area contributed by atoms with E-state index >= 15 is 0 Å². The molecule has 0 aromatic heterocycles. The maximum Gasteiger partial charge on any atom is 0.245 e. The van der Waals surface area contributed by atoms with E-state index in [2.05, 4.69) is 42.8 Å². The van der Waals surface area contributed by atoms with Crippen molar-refractivity contribution in [3.8, 4) is 0 Å². The van der Waals surface area contributed by atoms with Gasteiger partial charge in [-0.25, -0.2) is 10.9 Å². The Balaban J connectivity index is 2.26. The van der Waals surface area contributed by atoms with E-state index in [1.807, 2.05) is 0 Å². The number of carbonyl (C=O) groups is 8. The van der Waals surface area contributed by atoms with Crippen LogP contribution in [0.5, 0.6) is 0 Å². The van der Waals surface area contributed by atoms with Crippen molar-refractivity contribution in [2.24, 2.45) is 5.73 Å². The van der Waals surface area contributed by atoms with Crippen LogP contribution in [0.15, 0.2) is 30.3 Å². The van der Waals surface area contributed by atoms with Crippen molar-refractivity contribution in [1.82, 2.24) is 42.8 Å². The summed E-state index contributed by atoms with van der Waals surface area (Å²) in [7, 11) is 0. The molecule has 2 unspecified atom stereocenters. The van der Waals surface area contributed by atoms with E-state index in [0.717, 1.165) is 6.92 Å². The van der Waals surface area contributed by atoms with Gasteiger partial charge >= 0.3 is 0 Å². The van der Waals surface area contributed by atoms with E-state index in [1.54, 1.807) is 30.3 Å². The molecule has 0 spiro atoms. The molecule has 0 bridgehead atoms. The summed E-state index contributed by atoms with van der Waals surface area (Å²) in [6.45, 7) is -1.25. The van der Waals surface area contributed by atoms with Gasteiger partial charge in [0.1, 0.15) is 42.5 Å². The fraction of sp³-hybridized carbons (Fsp3) is 0.576. The zero-order valence-corrected chi connectivity index (χ0v) is 29.8. The molecule has 54 heavy (non-hydrogen) atoms. The summed E-state index contributed by atoms with van der Waals surface area (Å²) in [5, 5.41) is 53.9. The number of primary amides is 1. The van der Waals surface area contributed by atoms with E-state index in [9.17, 15) is 58.8 Å². The van der Waals surface area contributed by atoms with Crippen molar-refractivity contribution in [1.29, 1.82) is 0 Å². The second kappa shape index (κ2) is 23.6. The summed E-state index contributed by atoms with van der Waals surface area (Å²) in [6, 6.07) is -1.35. The molecule has 1 aromatic rings. The van der Waals surface area contributed by atoms with Crippen molar-refractivity contribution >= 4 is 47.6 Å². The van der Waals surface area contributed by atoms with Gasteiger partial charge in [-0.05, 0) is 38.2 Å². The fourth-order valence-corrected chi connectivity index (χ4v) is 5.13. The first-order valence-electron chi connectivity index (χ1n) is 17.3. The average Bonchev–Trinajstić information content (AvgIpc) is 3.14. The van der Waals surface area contributed by atoms with Gasteiger partial charge in [0.05, 0.1) is 32.0 Å². The van der Waals surface area contributed by atoms with Crippen LogP contribution in [-0.2, 0) is 44.8 Å². The van der Waals surface area contributed by atoms with E-state index < -0.39 is 110 Å². The number of nitrogens with one attached hydrogen (secondary N) is 8. The highest BCUT2D eigenvalue weighted by Crippen LogP contribution is 2.07. The van der Waals surface area contributed by atoms with Gasteiger partial charge in [0.15, 0.2) is 0 Å². The number of aliphatic hydroxyl groups excluding tert-OH is 4. The second-order valence-corrected chi connectivity index (χ2v) is 12.6. The molecule has 8 atom stereocenters. The number of benzene rings is 1. The third-order valence-corrected chi connectivity index (χ3v) is 8.29. The summed E-state index contributed by atoms with van der Waals surface area (Å²) >= 11 is 0. The van der Waals surface area contributed by atoms with Crippen LogP contribution < -0.4 is 48.5 Å². The normalized spacial score (nSPS) is 23.0. The molecule has 21 nitrogen and oxygen atoms in total. The Morgan fingerprint density at radius 1 is 0.907 bits per heavy atom. The SMILES string of the molecule is C[C@@H](O)[C@@H]1NC(=O)C(NN[C@H](C=O)CO)CCC(=O)NCCCCC(C(=O)N[C@@H](CO)C(=O)N[C@@H](Cc2ccccc2)C(N)=O)NC(=O)[C@H](CO)NC1=O. The molecule has 1 heterocycles. The maximum absolute atomic E-state index is 13.5. The molecule has 1 fully saturated rings. The van der Waals surface area contributed by atoms with Gasteiger partial charge in [-0.15, -0.1) is 0 Å². The lowest BCUT2D eigenvalue weighted by molar-refractivity contribution is -0.137. The molecule has 300 valence electrons. The zero-order valence-electron chi connectivity index (χ0n) is 29.8. The summed E-state index contributed by atoms with van der Waals surface area (Å²) in [6.07, 6.45) is -1.14. The fourth-order valence-electron chi connectivity index (χ4n) is 5.13. The lowest BCUT2D eigenvalue weighted by Gasteiger charge is -2.28. The van der Waals surface area contributed by atoms with Crippen molar-refractivity contribution in [2.75, 3.05) is 26.4 Å². The maximum atomic E-state index is 13.5. The van der Waals surface area contributed by atoms with E-state index in [1.165, 1.54) is 0 Å². The number of amides is 7. The van der Waals surface area contributed by atoms with Crippen LogP contribution in [0.3, 0.4) is 0 Å². The summed E-state index contributed by atoms with van der Waals surface area (Å²) in [4.78, 5) is 102. The third-order valence-electron chi connectivity index (χ3n) is 8.29. The Hall–Kier alpha value is -5.06. The number of hydrogen-bond donors (Lipinski definition) is 13. The molecular formula is C33H51N9O12. The van der Waals surface area contributed by atoms with Crippen LogP contribution in [0.2, 0.25) is 0 Å². The predicted octanol–water partition coefficient (Wildman–Crippen LogP) is -6.39. The molecule has 1 aliphatic rings. The predicted molar refractivity (Wildman–Crippen MR) is 188 cm³/mol. The van der Waals surface area contributed by atoms with E-state index in [4.69, 9.17) is 5.73 Å². The largest absolute Gasteiger partial charge is 0.394 e. The van der Waals surface area contributed by atoms with Gasteiger partial charge in [-0.1, -0.05) is 30.3 Å². The highest BCUT2D eigenvalue weighted by molar-refractivity contribution is 5.97. The Labute approximate surface area is 310 Å². The van der Waals surface area contributed by atoms with Crippen LogP contribution in [0, 0.1) is 0 Å². The van der Waals surface area contributed by atoms with Gasteiger partial charge in [0.2, 0.25) is 41.4 Å². The second-order valence-electron chi connectivity index (χ2n) is 12.6. The van der Waals surface area contributed by atoms with Gasteiger partial charge in [-0.2, -0.15) is 0 Å². The Morgan fingerprint density at radius 2 is 1.61 bits per heavy atom. The quantitative estimate of drug-likeness (QED) is 0.0584. The van der Waals surface area contributed by atoms with Gasteiger partial charge < -0.3 is 62.9 Å². The molecule has 7 amide bonds. The molecule has 21 heteroatoms. The highest BCUT2D eigenvalue weighted by Gasteiger charge is 2.34. The minimum Gasteiger partial charge on any atom is -0.394 e. The Morgan fingerprint density at radius 3 is 2.20 bits per heavy atom. The van der Waals surface area contributed by atoms with Crippen LogP contribution >= 0.6 is 0 Å². The number of hydrazine groups is 1. The van der Waals surface area contributed by atoms with Crippen LogP contribution in [-0.4, -0.2) is 143 Å². The molecule has 0 saturated carbocycles. The Kier molecular flexibility index (Phi) is 19.7. The van der Waals surface area contributed by atoms with Gasteiger partial charge in [0, 0.05) is 19.4 Å². The first-order valence-corrected chi connectivity index (χ1v) is 17.3. The number of nitrogens with two attached hydrogens (primary N) is 1. The number of rotatable bonds is 15. The minimum atomic E-state index is -1.70. The molecule has 14 N–H and O–H groups in total. The number of aliphatic hydroxyl groups is 4. The highest BCUT2D eigenvalue weighted by atomic mass is 16.3. The summed E-state index contributed by atoms with van der Waals surface area (Å²) < 4.78 is 0. The van der Waals surface area contributed by atoms with Gasteiger partial charge in [0.25, 0.3) is 0 Å². The molecule has 0 aliphatic carbocycles. The molecule has 0 radical (unpaired) electrons. The third kappa shape index (κ3) is 15.1. The number of aldehydes is 1. The monoisotopic (exact) mass is 765 g/mol. The molecule has 1 saturated heterocycles. The summed E-state index contributed by atoms with van der Waals surface area (Å²) in [5.41, 5.74) is 11.1. The van der Waals surface area contributed by atoms with Crippen molar-refractivity contribution in [2.45, 2.75) is 93.8 Å². The molecule has 2 rings (SSSR count). The number of hydrogen-bond acceptors (Lipinski definition) is 14. The molecule has 1 aliphatic heterocycles. The lowest BCUT2D eigenvalue weighted by atomic mass is 10.0. The van der Waals surface area contributed by atoms with Crippen molar-refractivity contribution in [3.05, 3.63) is 35.9 Å². The molecule has 1 aromatic carbocycles. The molecular weight excluding hydrogens is 714 g/mol. The minimum absolute atomic E-state index is 0.0260. The first kappa shape index (κ1) is 45.1. The standard InChI is InChI=1S/C33H51N9O12/c1-18(47)27-33(54)39-25(17-46)31(52)36-21(9-5-6-12-35-26(48)11-10-22(30(51)40-27)42-41-20(14-43)15-44)29(50)38-24(16-45)32(53)37-23(28(34)49)13-19-7-3-2-4-8-19/h2-4,7-8,14,18,20-25,27,41-42,44-47H,5-6,9-13,15-17H2,1H3,(H2,34,49)(H,35,48)(H,36,52)(H,37,53)(H,38,50)(H,39,54)(H,40,51)/t18-,20-,21?,22?,23+,24+,25+,27+/m1/s1. The van der Waals surface area contributed by atoms with Crippen LogP contribution in [0.4, 0.5) is 0 Å². The first-order chi connectivity index (χ1) is 25.7. The average molecular weight is 766 g/mol. The van der Waals surface area contributed by atoms with Crippen molar-refractivity contribution < 1.29 is 58.8 Å². The summed E-state index contributed by atoms with van der Waals surface area (Å²) in [5.74, 6) is -6.34. The lowest BCUT2D eigenvalue weighted by Crippen LogP contribution is -2.62. The topological polar surface area (TPSA) is 340 Å².